The highest BCUT2D eigenvalue weighted by Crippen LogP contribution is 2.36. The van der Waals surface area contributed by atoms with Gasteiger partial charge in [-0.3, -0.25) is 4.57 Å². The number of ether oxygens (including phenoxy) is 1. The number of nitrogens with zero attached hydrogens (tertiary/aromatic N) is 2. The molecule has 152 valence electrons. The van der Waals surface area contributed by atoms with Crippen molar-refractivity contribution in [3.05, 3.63) is 90.5 Å². The fraction of sp³-hybridized carbons (Fsp3) is 0.0870. The van der Waals surface area contributed by atoms with Crippen LogP contribution in [0.4, 0.5) is 17.6 Å². The molecule has 0 unspecified atom stereocenters. The van der Waals surface area contributed by atoms with E-state index in [0.717, 1.165) is 12.1 Å². The van der Waals surface area contributed by atoms with Gasteiger partial charge in [-0.2, -0.15) is 13.2 Å². The number of hydrogen-bond acceptors (Lipinski definition) is 2. The zero-order chi connectivity index (χ0) is 21.3. The normalized spacial score (nSPS) is 11.5. The van der Waals surface area contributed by atoms with Crippen LogP contribution in [0.2, 0.25) is 0 Å². The summed E-state index contributed by atoms with van der Waals surface area (Å²) in [6.07, 6.45) is -1.17. The molecule has 7 heteroatoms. The summed E-state index contributed by atoms with van der Waals surface area (Å²) in [6, 6.07) is 16.1. The van der Waals surface area contributed by atoms with Gasteiger partial charge in [0.05, 0.1) is 18.4 Å². The maximum atomic E-state index is 13.3. The lowest BCUT2D eigenvalue weighted by Crippen LogP contribution is -2.05. The topological polar surface area (TPSA) is 27.1 Å². The molecule has 0 saturated carbocycles. The minimum Gasteiger partial charge on any atom is -0.497 e. The molecular weight excluding hydrogens is 396 g/mol. The van der Waals surface area contributed by atoms with Gasteiger partial charge in [0.2, 0.25) is 0 Å². The molecule has 30 heavy (non-hydrogen) atoms. The zero-order valence-electron chi connectivity index (χ0n) is 15.8. The largest absolute Gasteiger partial charge is 0.497 e. The molecule has 3 aromatic carbocycles. The molecule has 4 aromatic rings. The average Bonchev–Trinajstić information content (AvgIpc) is 3.23. The van der Waals surface area contributed by atoms with Gasteiger partial charge in [-0.25, -0.2) is 9.37 Å². The molecule has 4 rings (SSSR count). The fourth-order valence-electron chi connectivity index (χ4n) is 3.26. The first-order valence-electron chi connectivity index (χ1n) is 9.02. The molecule has 0 radical (unpaired) electrons. The van der Waals surface area contributed by atoms with E-state index >= 15 is 0 Å². The van der Waals surface area contributed by atoms with E-state index in [0.29, 0.717) is 34.0 Å². The summed E-state index contributed by atoms with van der Waals surface area (Å²) in [5.41, 5.74) is 1.48. The molecule has 0 spiro atoms. The second-order valence-electron chi connectivity index (χ2n) is 6.59. The van der Waals surface area contributed by atoms with E-state index in [1.165, 1.54) is 25.3 Å². The molecule has 0 atom stereocenters. The third-order valence-electron chi connectivity index (χ3n) is 4.71. The van der Waals surface area contributed by atoms with Crippen molar-refractivity contribution in [1.82, 2.24) is 9.55 Å². The highest BCUT2D eigenvalue weighted by Gasteiger charge is 2.30. The third kappa shape index (κ3) is 3.78. The Balaban J connectivity index is 1.90. The number of methoxy groups -OCH3 is 1. The van der Waals surface area contributed by atoms with Crippen molar-refractivity contribution in [2.45, 2.75) is 6.18 Å². The van der Waals surface area contributed by atoms with Gasteiger partial charge < -0.3 is 4.74 Å². The average molecular weight is 412 g/mol. The van der Waals surface area contributed by atoms with Crippen molar-refractivity contribution >= 4 is 0 Å². The predicted octanol–water partition coefficient (Wildman–Crippen LogP) is 6.37. The summed E-state index contributed by atoms with van der Waals surface area (Å²) < 4.78 is 60.1. The van der Waals surface area contributed by atoms with Gasteiger partial charge in [-0.05, 0) is 60.2 Å². The van der Waals surface area contributed by atoms with Crippen LogP contribution in [0.5, 0.6) is 5.75 Å². The number of imidazole rings is 1. The summed E-state index contributed by atoms with van der Waals surface area (Å²) in [5.74, 6) is 0.675. The van der Waals surface area contributed by atoms with Gasteiger partial charge in [-0.15, -0.1) is 0 Å². The van der Waals surface area contributed by atoms with Crippen molar-refractivity contribution in [3.8, 4) is 34.0 Å². The Bertz CT molecular complexity index is 1180. The first-order valence-corrected chi connectivity index (χ1v) is 9.02. The third-order valence-corrected chi connectivity index (χ3v) is 4.71. The zero-order valence-corrected chi connectivity index (χ0v) is 15.8. The Morgan fingerprint density at radius 2 is 1.67 bits per heavy atom. The van der Waals surface area contributed by atoms with Crippen LogP contribution in [0, 0.1) is 5.82 Å². The summed E-state index contributed by atoms with van der Waals surface area (Å²) >= 11 is 0. The lowest BCUT2D eigenvalue weighted by atomic mass is 10.0. The van der Waals surface area contributed by atoms with Crippen molar-refractivity contribution in [1.29, 1.82) is 0 Å². The molecule has 0 amide bonds. The lowest BCUT2D eigenvalue weighted by Gasteiger charge is -2.16. The first kappa shape index (κ1) is 19.7. The van der Waals surface area contributed by atoms with Crippen molar-refractivity contribution in [3.63, 3.8) is 0 Å². The molecular formula is C23H16F4N2O. The number of aromatic nitrogens is 2. The monoisotopic (exact) mass is 412 g/mol. The summed E-state index contributed by atoms with van der Waals surface area (Å²) in [7, 11) is 1.49. The Hall–Kier alpha value is -3.61. The molecule has 0 bridgehead atoms. The Morgan fingerprint density at radius 3 is 2.37 bits per heavy atom. The van der Waals surface area contributed by atoms with E-state index < -0.39 is 11.7 Å². The van der Waals surface area contributed by atoms with Crippen LogP contribution in [0.15, 0.2) is 79.1 Å². The second kappa shape index (κ2) is 7.67. The maximum absolute atomic E-state index is 13.3. The van der Waals surface area contributed by atoms with E-state index in [4.69, 9.17) is 4.74 Å². The molecule has 0 aliphatic heterocycles. The Kier molecular flexibility index (Phi) is 5.03. The van der Waals surface area contributed by atoms with E-state index in [1.807, 2.05) is 0 Å². The van der Waals surface area contributed by atoms with Crippen LogP contribution in [-0.4, -0.2) is 16.7 Å². The lowest BCUT2D eigenvalue weighted by molar-refractivity contribution is -0.137. The Labute approximate surface area is 170 Å². The first-order chi connectivity index (χ1) is 14.4. The smallest absolute Gasteiger partial charge is 0.416 e. The molecule has 0 saturated heterocycles. The van der Waals surface area contributed by atoms with Gasteiger partial charge in [0.25, 0.3) is 0 Å². The van der Waals surface area contributed by atoms with Gasteiger partial charge in [-0.1, -0.05) is 12.1 Å². The summed E-state index contributed by atoms with van der Waals surface area (Å²) in [5, 5.41) is 0. The van der Waals surface area contributed by atoms with Crippen LogP contribution in [0.3, 0.4) is 0 Å². The van der Waals surface area contributed by atoms with Crippen LogP contribution in [0.25, 0.3) is 28.2 Å². The van der Waals surface area contributed by atoms with Crippen LogP contribution in [-0.2, 0) is 6.18 Å². The van der Waals surface area contributed by atoms with Gasteiger partial charge in [0.15, 0.2) is 0 Å². The van der Waals surface area contributed by atoms with Crippen molar-refractivity contribution in [2.24, 2.45) is 0 Å². The minimum absolute atomic E-state index is 0.369. The molecule has 3 nitrogen and oxygen atoms in total. The van der Waals surface area contributed by atoms with Gasteiger partial charge in [0, 0.05) is 23.5 Å². The van der Waals surface area contributed by atoms with Crippen LogP contribution >= 0.6 is 0 Å². The molecule has 1 aromatic heterocycles. The van der Waals surface area contributed by atoms with Crippen LogP contribution < -0.4 is 4.74 Å². The van der Waals surface area contributed by atoms with Crippen molar-refractivity contribution < 1.29 is 22.3 Å². The van der Waals surface area contributed by atoms with Crippen LogP contribution in [0.1, 0.15) is 5.56 Å². The van der Waals surface area contributed by atoms with Crippen molar-refractivity contribution in [2.75, 3.05) is 7.11 Å². The SMILES string of the molecule is COc1ccc(-n2ccnc2-c2ccc(F)cc2)c(-c2cccc(C(F)(F)F)c2)c1. The predicted molar refractivity (Wildman–Crippen MR) is 106 cm³/mol. The summed E-state index contributed by atoms with van der Waals surface area (Å²) in [6.45, 7) is 0. The standard InChI is InChI=1S/C23H16F4N2O/c1-30-19-9-10-21(20(14-19)16-3-2-4-17(13-16)23(25,26)27)29-12-11-28-22(29)15-5-7-18(24)8-6-15/h2-14H,1H3. The Morgan fingerprint density at radius 1 is 0.900 bits per heavy atom. The maximum Gasteiger partial charge on any atom is 0.416 e. The highest BCUT2D eigenvalue weighted by atomic mass is 19.4. The number of halogens is 4. The molecule has 0 aliphatic carbocycles. The molecule has 0 aliphatic rings. The van der Waals surface area contributed by atoms with E-state index in [2.05, 4.69) is 4.98 Å². The molecule has 1 heterocycles. The minimum atomic E-state index is -4.46. The van der Waals surface area contributed by atoms with E-state index in [-0.39, 0.29) is 5.82 Å². The molecule has 0 N–H and O–H groups in total. The molecule has 0 fully saturated rings. The quantitative estimate of drug-likeness (QED) is 0.364. The van der Waals surface area contributed by atoms with Gasteiger partial charge in [0.1, 0.15) is 17.4 Å². The number of alkyl halides is 3. The highest BCUT2D eigenvalue weighted by molar-refractivity contribution is 5.76. The van der Waals surface area contributed by atoms with Gasteiger partial charge >= 0.3 is 6.18 Å². The number of hydrogen-bond donors (Lipinski definition) is 0. The van der Waals surface area contributed by atoms with E-state index in [1.54, 1.807) is 53.4 Å². The summed E-state index contributed by atoms with van der Waals surface area (Å²) in [4.78, 5) is 4.36. The second-order valence-corrected chi connectivity index (χ2v) is 6.59. The number of rotatable bonds is 4. The number of benzene rings is 3. The fourth-order valence-corrected chi connectivity index (χ4v) is 3.26. The van der Waals surface area contributed by atoms with E-state index in [9.17, 15) is 17.6 Å².